The summed E-state index contributed by atoms with van der Waals surface area (Å²) >= 11 is 0. The molecule has 1 aliphatic rings. The maximum absolute atomic E-state index is 8.94. The van der Waals surface area contributed by atoms with Crippen molar-refractivity contribution in [3.63, 3.8) is 0 Å². The summed E-state index contributed by atoms with van der Waals surface area (Å²) in [6, 6.07) is 2.02. The molecule has 0 amide bonds. The van der Waals surface area contributed by atoms with E-state index in [4.69, 9.17) is 5.11 Å². The lowest BCUT2D eigenvalue weighted by Gasteiger charge is -2.22. The first-order valence-electron chi connectivity index (χ1n) is 4.45. The van der Waals surface area contributed by atoms with E-state index >= 15 is 0 Å². The van der Waals surface area contributed by atoms with E-state index in [-0.39, 0.29) is 6.61 Å². The predicted octanol–water partition coefficient (Wildman–Crippen LogP) is 1.18. The molecule has 0 atom stereocenters. The van der Waals surface area contributed by atoms with E-state index in [0.717, 1.165) is 11.4 Å². The Balaban J connectivity index is 2.21. The molecular formula is C9H14N2O. The van der Waals surface area contributed by atoms with Gasteiger partial charge in [-0.25, -0.2) is 0 Å². The van der Waals surface area contributed by atoms with Crippen molar-refractivity contribution in [1.29, 1.82) is 0 Å². The lowest BCUT2D eigenvalue weighted by Crippen LogP contribution is -2.09. The van der Waals surface area contributed by atoms with Gasteiger partial charge in [-0.1, -0.05) is 6.42 Å². The Bertz CT molecular complexity index is 276. The maximum Gasteiger partial charge on any atom is 0.0849 e. The minimum Gasteiger partial charge on any atom is -0.390 e. The second-order valence-electron chi connectivity index (χ2n) is 3.47. The number of rotatable bonds is 2. The number of aliphatic hydroxyl groups excluding tert-OH is 1. The fraction of sp³-hybridized carbons (Fsp3) is 0.667. The molecular weight excluding hydrogens is 152 g/mol. The molecule has 66 valence electrons. The van der Waals surface area contributed by atoms with Crippen molar-refractivity contribution < 1.29 is 5.11 Å². The van der Waals surface area contributed by atoms with Crippen LogP contribution in [0.4, 0.5) is 0 Å². The second kappa shape index (κ2) is 2.90. The Kier molecular flexibility index (Phi) is 1.89. The zero-order valence-corrected chi connectivity index (χ0v) is 7.32. The third-order valence-electron chi connectivity index (χ3n) is 2.68. The zero-order valence-electron chi connectivity index (χ0n) is 7.32. The van der Waals surface area contributed by atoms with Crippen LogP contribution in [0.1, 0.15) is 36.6 Å². The van der Waals surface area contributed by atoms with E-state index < -0.39 is 0 Å². The molecule has 0 radical (unpaired) electrons. The van der Waals surface area contributed by atoms with Gasteiger partial charge in [0, 0.05) is 13.0 Å². The highest BCUT2D eigenvalue weighted by atomic mass is 16.3. The molecule has 3 heteroatoms. The van der Waals surface area contributed by atoms with Gasteiger partial charge in [0.05, 0.1) is 18.0 Å². The Morgan fingerprint density at radius 2 is 2.42 bits per heavy atom. The van der Waals surface area contributed by atoms with E-state index in [1.54, 1.807) is 4.68 Å². The average Bonchev–Trinajstić information content (AvgIpc) is 2.27. The Morgan fingerprint density at radius 1 is 1.67 bits per heavy atom. The Labute approximate surface area is 72.0 Å². The average molecular weight is 166 g/mol. The molecule has 0 spiro atoms. The minimum atomic E-state index is 0.0935. The molecule has 1 aromatic rings. The van der Waals surface area contributed by atoms with E-state index in [2.05, 4.69) is 5.10 Å². The quantitative estimate of drug-likeness (QED) is 0.716. The first-order valence-corrected chi connectivity index (χ1v) is 4.45. The molecule has 0 saturated heterocycles. The van der Waals surface area contributed by atoms with Crippen LogP contribution in [0.15, 0.2) is 6.07 Å². The molecule has 1 aromatic heterocycles. The highest BCUT2D eigenvalue weighted by molar-refractivity contribution is 5.15. The summed E-state index contributed by atoms with van der Waals surface area (Å²) in [5.74, 6) is 0.663. The third kappa shape index (κ3) is 1.14. The molecule has 3 nitrogen and oxygen atoms in total. The fourth-order valence-electron chi connectivity index (χ4n) is 1.58. The van der Waals surface area contributed by atoms with Crippen molar-refractivity contribution in [3.05, 3.63) is 17.5 Å². The highest BCUT2D eigenvalue weighted by Gasteiger charge is 2.22. The standard InChI is InChI=1S/C9H14N2O/c1-11-8(6-12)5-9(10-11)7-3-2-4-7/h5,7,12H,2-4,6H2,1H3. The van der Waals surface area contributed by atoms with Crippen LogP contribution in [0.2, 0.25) is 0 Å². The summed E-state index contributed by atoms with van der Waals surface area (Å²) < 4.78 is 1.77. The summed E-state index contributed by atoms with van der Waals surface area (Å²) in [5, 5.41) is 13.3. The van der Waals surface area contributed by atoms with Crippen LogP contribution in [0.5, 0.6) is 0 Å². The molecule has 1 aliphatic carbocycles. The molecule has 1 N–H and O–H groups in total. The Hall–Kier alpha value is -0.830. The van der Waals surface area contributed by atoms with Gasteiger partial charge in [0.1, 0.15) is 0 Å². The van der Waals surface area contributed by atoms with Gasteiger partial charge in [-0.05, 0) is 18.9 Å². The predicted molar refractivity (Wildman–Crippen MR) is 45.7 cm³/mol. The van der Waals surface area contributed by atoms with Gasteiger partial charge in [0.25, 0.3) is 0 Å². The Morgan fingerprint density at radius 3 is 2.83 bits per heavy atom. The van der Waals surface area contributed by atoms with Crippen molar-refractivity contribution in [3.8, 4) is 0 Å². The van der Waals surface area contributed by atoms with Gasteiger partial charge in [-0.15, -0.1) is 0 Å². The number of hydrogen-bond donors (Lipinski definition) is 1. The van der Waals surface area contributed by atoms with E-state index in [1.165, 1.54) is 19.3 Å². The van der Waals surface area contributed by atoms with Gasteiger partial charge in [-0.3, -0.25) is 4.68 Å². The summed E-state index contributed by atoms with van der Waals surface area (Å²) in [4.78, 5) is 0. The molecule has 0 bridgehead atoms. The van der Waals surface area contributed by atoms with Crippen LogP contribution in [0.25, 0.3) is 0 Å². The zero-order chi connectivity index (χ0) is 8.55. The van der Waals surface area contributed by atoms with Crippen LogP contribution in [-0.2, 0) is 13.7 Å². The smallest absolute Gasteiger partial charge is 0.0849 e. The molecule has 0 unspecified atom stereocenters. The molecule has 1 fully saturated rings. The van der Waals surface area contributed by atoms with Crippen LogP contribution in [0, 0.1) is 0 Å². The van der Waals surface area contributed by atoms with Gasteiger partial charge in [0.2, 0.25) is 0 Å². The van der Waals surface area contributed by atoms with E-state index in [0.29, 0.717) is 5.92 Å². The highest BCUT2D eigenvalue weighted by Crippen LogP contribution is 2.35. The SMILES string of the molecule is Cn1nc(C2CCC2)cc1CO. The maximum atomic E-state index is 8.94. The van der Waals surface area contributed by atoms with Crippen LogP contribution >= 0.6 is 0 Å². The third-order valence-corrected chi connectivity index (χ3v) is 2.68. The van der Waals surface area contributed by atoms with Gasteiger partial charge >= 0.3 is 0 Å². The minimum absolute atomic E-state index is 0.0935. The first-order chi connectivity index (χ1) is 5.81. The summed E-state index contributed by atoms with van der Waals surface area (Å²) in [6.07, 6.45) is 3.86. The first kappa shape index (κ1) is 7.80. The number of hydrogen-bond acceptors (Lipinski definition) is 2. The number of aliphatic hydroxyl groups is 1. The second-order valence-corrected chi connectivity index (χ2v) is 3.47. The molecule has 0 aromatic carbocycles. The normalized spacial score (nSPS) is 17.8. The van der Waals surface area contributed by atoms with Gasteiger partial charge < -0.3 is 5.11 Å². The van der Waals surface area contributed by atoms with E-state index in [9.17, 15) is 0 Å². The molecule has 2 rings (SSSR count). The molecule has 0 aliphatic heterocycles. The van der Waals surface area contributed by atoms with Gasteiger partial charge in [0.15, 0.2) is 0 Å². The van der Waals surface area contributed by atoms with Crippen LogP contribution in [0.3, 0.4) is 0 Å². The number of nitrogens with zero attached hydrogens (tertiary/aromatic N) is 2. The van der Waals surface area contributed by atoms with Gasteiger partial charge in [-0.2, -0.15) is 5.10 Å². The molecule has 1 saturated carbocycles. The topological polar surface area (TPSA) is 38.0 Å². The summed E-state index contributed by atoms with van der Waals surface area (Å²) in [6.45, 7) is 0.0935. The summed E-state index contributed by atoms with van der Waals surface area (Å²) in [5.41, 5.74) is 2.07. The lowest BCUT2D eigenvalue weighted by molar-refractivity contribution is 0.270. The van der Waals surface area contributed by atoms with E-state index in [1.807, 2.05) is 13.1 Å². The van der Waals surface area contributed by atoms with Crippen molar-refractivity contribution >= 4 is 0 Å². The fourth-order valence-corrected chi connectivity index (χ4v) is 1.58. The van der Waals surface area contributed by atoms with Crippen molar-refractivity contribution in [2.45, 2.75) is 31.8 Å². The molecule has 12 heavy (non-hydrogen) atoms. The largest absolute Gasteiger partial charge is 0.390 e. The molecule has 1 heterocycles. The lowest BCUT2D eigenvalue weighted by atomic mass is 9.83. The van der Waals surface area contributed by atoms with Crippen LogP contribution in [-0.4, -0.2) is 14.9 Å². The van der Waals surface area contributed by atoms with Crippen molar-refractivity contribution in [2.24, 2.45) is 7.05 Å². The monoisotopic (exact) mass is 166 g/mol. The van der Waals surface area contributed by atoms with Crippen molar-refractivity contribution in [2.75, 3.05) is 0 Å². The van der Waals surface area contributed by atoms with Crippen LogP contribution < -0.4 is 0 Å². The number of aryl methyl sites for hydroxylation is 1. The number of aromatic nitrogens is 2. The van der Waals surface area contributed by atoms with Crippen molar-refractivity contribution in [1.82, 2.24) is 9.78 Å². The summed E-state index contributed by atoms with van der Waals surface area (Å²) in [7, 11) is 1.88.